The Morgan fingerprint density at radius 3 is 2.81 bits per heavy atom. The Bertz CT molecular complexity index is 711. The van der Waals surface area contributed by atoms with E-state index in [1.165, 1.54) is 13.2 Å². The molecule has 0 saturated heterocycles. The predicted octanol–water partition coefficient (Wildman–Crippen LogP) is 2.47. The lowest BCUT2D eigenvalue weighted by Gasteiger charge is -2.22. The second-order valence-electron chi connectivity index (χ2n) is 4.17. The zero-order valence-corrected chi connectivity index (χ0v) is 11.6. The van der Waals surface area contributed by atoms with Gasteiger partial charge in [0.25, 0.3) is 0 Å². The summed E-state index contributed by atoms with van der Waals surface area (Å²) in [6, 6.07) is 2.87. The maximum atomic E-state index is 10.9. The number of carbonyl (C=O) groups is 1. The minimum atomic E-state index is -1.20. The van der Waals surface area contributed by atoms with Crippen molar-refractivity contribution >= 4 is 17.6 Å². The van der Waals surface area contributed by atoms with E-state index in [-0.39, 0.29) is 16.5 Å². The van der Waals surface area contributed by atoms with Gasteiger partial charge in [-0.1, -0.05) is 16.8 Å². The summed E-state index contributed by atoms with van der Waals surface area (Å²) in [5.41, 5.74) is 0.125. The van der Waals surface area contributed by atoms with Gasteiger partial charge in [-0.2, -0.15) is 0 Å². The van der Waals surface area contributed by atoms with Crippen molar-refractivity contribution in [3.8, 4) is 28.6 Å². The highest BCUT2D eigenvalue weighted by molar-refractivity contribution is 6.35. The molecule has 0 amide bonds. The molecule has 1 aliphatic rings. The fourth-order valence-electron chi connectivity index (χ4n) is 2.00. The van der Waals surface area contributed by atoms with E-state index in [1.54, 1.807) is 6.07 Å². The lowest BCUT2D eigenvalue weighted by atomic mass is 10.1. The Morgan fingerprint density at radius 2 is 2.14 bits per heavy atom. The van der Waals surface area contributed by atoms with E-state index in [4.69, 9.17) is 35.4 Å². The summed E-state index contributed by atoms with van der Waals surface area (Å²) in [5.74, 6) is 0.156. The third-order valence-corrected chi connectivity index (χ3v) is 3.31. The summed E-state index contributed by atoms with van der Waals surface area (Å²) in [7, 11) is 1.46. The first-order valence-corrected chi connectivity index (χ1v) is 6.36. The summed E-state index contributed by atoms with van der Waals surface area (Å²) >= 11 is 6.27. The molecule has 0 aliphatic carbocycles. The number of hydrogen-bond donors (Lipinski definition) is 1. The van der Waals surface area contributed by atoms with E-state index >= 15 is 0 Å². The third kappa shape index (κ3) is 2.25. The quantitative estimate of drug-likeness (QED) is 0.931. The highest BCUT2D eigenvalue weighted by Crippen LogP contribution is 2.49. The standard InChI is InChI=1S/C13H10ClNO6/c1-18-8-5-9-12(20-3-2-19-9)10(11(8)14)7-4-6(13(16)17)15-21-7/h4-5H,2-3H2,1H3,(H,16,17). The average Bonchev–Trinajstić information content (AvgIpc) is 2.96. The summed E-state index contributed by atoms with van der Waals surface area (Å²) in [6.07, 6.45) is 0. The Balaban J connectivity index is 2.21. The van der Waals surface area contributed by atoms with E-state index in [1.807, 2.05) is 0 Å². The first-order valence-electron chi connectivity index (χ1n) is 5.98. The first kappa shape index (κ1) is 13.6. The molecule has 0 unspecified atom stereocenters. The molecule has 8 heteroatoms. The average molecular weight is 312 g/mol. The zero-order chi connectivity index (χ0) is 15.0. The second kappa shape index (κ2) is 5.17. The largest absolute Gasteiger partial charge is 0.495 e. The molecule has 0 radical (unpaired) electrons. The third-order valence-electron chi connectivity index (χ3n) is 2.93. The lowest BCUT2D eigenvalue weighted by molar-refractivity contribution is 0.0686. The zero-order valence-electron chi connectivity index (χ0n) is 10.9. The molecule has 3 rings (SSSR count). The summed E-state index contributed by atoms with van der Waals surface area (Å²) in [4.78, 5) is 10.9. The number of nitrogens with zero attached hydrogens (tertiary/aromatic N) is 1. The number of carboxylic acid groups (broad SMARTS) is 1. The molecular formula is C13H10ClNO6. The van der Waals surface area contributed by atoms with Crippen LogP contribution in [-0.2, 0) is 0 Å². The number of aromatic nitrogens is 1. The Morgan fingerprint density at radius 1 is 1.38 bits per heavy atom. The van der Waals surface area contributed by atoms with Crippen LogP contribution < -0.4 is 14.2 Å². The molecule has 2 heterocycles. The van der Waals surface area contributed by atoms with Gasteiger partial charge in [-0.3, -0.25) is 0 Å². The van der Waals surface area contributed by atoms with E-state index in [0.717, 1.165) is 0 Å². The van der Waals surface area contributed by atoms with Crippen molar-refractivity contribution in [1.82, 2.24) is 5.16 Å². The van der Waals surface area contributed by atoms with Crippen LogP contribution in [0.2, 0.25) is 5.02 Å². The van der Waals surface area contributed by atoms with Crippen molar-refractivity contribution in [2.75, 3.05) is 20.3 Å². The van der Waals surface area contributed by atoms with Crippen molar-refractivity contribution in [2.24, 2.45) is 0 Å². The van der Waals surface area contributed by atoms with Crippen molar-refractivity contribution in [3.05, 3.63) is 22.8 Å². The maximum Gasteiger partial charge on any atom is 0.358 e. The Labute approximate surface area is 124 Å². The van der Waals surface area contributed by atoms with Gasteiger partial charge in [0.15, 0.2) is 23.0 Å². The van der Waals surface area contributed by atoms with Crippen LogP contribution in [0.15, 0.2) is 16.7 Å². The molecule has 0 bridgehead atoms. The topological polar surface area (TPSA) is 91.0 Å². The molecule has 1 aromatic carbocycles. The van der Waals surface area contributed by atoms with E-state index in [2.05, 4.69) is 5.16 Å². The molecule has 110 valence electrons. The van der Waals surface area contributed by atoms with E-state index in [9.17, 15) is 4.79 Å². The maximum absolute atomic E-state index is 10.9. The van der Waals surface area contributed by atoms with Crippen LogP contribution in [0.1, 0.15) is 10.5 Å². The number of benzene rings is 1. The summed E-state index contributed by atoms with van der Waals surface area (Å²) < 4.78 is 21.3. The number of aromatic carboxylic acids is 1. The van der Waals surface area contributed by atoms with Crippen molar-refractivity contribution in [2.45, 2.75) is 0 Å². The molecule has 0 spiro atoms. The smallest absolute Gasteiger partial charge is 0.358 e. The summed E-state index contributed by atoms with van der Waals surface area (Å²) in [5, 5.41) is 12.6. The SMILES string of the molecule is COc1cc2c(c(-c3cc(C(=O)O)no3)c1Cl)OCCO2. The number of halogens is 1. The number of fused-ring (bicyclic) bond motifs is 1. The van der Waals surface area contributed by atoms with Gasteiger partial charge < -0.3 is 23.8 Å². The van der Waals surface area contributed by atoms with Gasteiger partial charge in [-0.25, -0.2) is 4.79 Å². The lowest BCUT2D eigenvalue weighted by Crippen LogP contribution is -2.16. The number of rotatable bonds is 3. The molecule has 0 atom stereocenters. The van der Waals surface area contributed by atoms with Gasteiger partial charge in [0.1, 0.15) is 19.0 Å². The highest BCUT2D eigenvalue weighted by Gasteiger charge is 2.27. The molecule has 0 fully saturated rings. The molecule has 1 N–H and O–H groups in total. The van der Waals surface area contributed by atoms with Crippen LogP contribution >= 0.6 is 11.6 Å². The van der Waals surface area contributed by atoms with Gasteiger partial charge in [-0.05, 0) is 0 Å². The second-order valence-corrected chi connectivity index (χ2v) is 4.55. The number of methoxy groups -OCH3 is 1. The molecular weight excluding hydrogens is 302 g/mol. The molecule has 1 aliphatic heterocycles. The Kier molecular flexibility index (Phi) is 3.34. The van der Waals surface area contributed by atoms with Crippen LogP contribution in [0.4, 0.5) is 0 Å². The minimum absolute atomic E-state index is 0.165. The van der Waals surface area contributed by atoms with Gasteiger partial charge in [0.05, 0.1) is 17.7 Å². The van der Waals surface area contributed by atoms with Crippen LogP contribution in [-0.4, -0.2) is 36.6 Å². The van der Waals surface area contributed by atoms with Crippen LogP contribution in [0.3, 0.4) is 0 Å². The fourth-order valence-corrected chi connectivity index (χ4v) is 2.31. The van der Waals surface area contributed by atoms with E-state index < -0.39 is 5.97 Å². The molecule has 21 heavy (non-hydrogen) atoms. The van der Waals surface area contributed by atoms with Gasteiger partial charge >= 0.3 is 5.97 Å². The van der Waals surface area contributed by atoms with Crippen LogP contribution in [0, 0.1) is 0 Å². The van der Waals surface area contributed by atoms with Gasteiger partial charge in [0.2, 0.25) is 0 Å². The highest BCUT2D eigenvalue weighted by atomic mass is 35.5. The van der Waals surface area contributed by atoms with E-state index in [0.29, 0.717) is 36.0 Å². The molecule has 7 nitrogen and oxygen atoms in total. The molecule has 2 aromatic rings. The predicted molar refractivity (Wildman–Crippen MR) is 71.5 cm³/mol. The first-order chi connectivity index (χ1) is 10.1. The van der Waals surface area contributed by atoms with Gasteiger partial charge in [-0.15, -0.1) is 0 Å². The van der Waals surface area contributed by atoms with Crippen LogP contribution in [0.25, 0.3) is 11.3 Å². The normalized spacial score (nSPS) is 13.0. The van der Waals surface area contributed by atoms with Crippen molar-refractivity contribution in [3.63, 3.8) is 0 Å². The fraction of sp³-hybridized carbons (Fsp3) is 0.231. The van der Waals surface area contributed by atoms with Crippen molar-refractivity contribution < 1.29 is 28.6 Å². The number of ether oxygens (including phenoxy) is 3. The minimum Gasteiger partial charge on any atom is -0.495 e. The summed E-state index contributed by atoms with van der Waals surface area (Å²) in [6.45, 7) is 0.747. The number of carboxylic acids is 1. The number of hydrogen-bond acceptors (Lipinski definition) is 6. The monoisotopic (exact) mass is 311 g/mol. The molecule has 1 aromatic heterocycles. The van der Waals surface area contributed by atoms with Crippen LogP contribution in [0.5, 0.6) is 17.2 Å². The van der Waals surface area contributed by atoms with Gasteiger partial charge in [0, 0.05) is 12.1 Å². The van der Waals surface area contributed by atoms with Crippen molar-refractivity contribution in [1.29, 1.82) is 0 Å². The Hall–Kier alpha value is -2.41. The molecule has 0 saturated carbocycles.